The van der Waals surface area contributed by atoms with E-state index in [-0.39, 0.29) is 11.5 Å². The van der Waals surface area contributed by atoms with Crippen LogP contribution in [0.1, 0.15) is 43.5 Å². The lowest BCUT2D eigenvalue weighted by molar-refractivity contribution is -0.120. The molecule has 0 bridgehead atoms. The van der Waals surface area contributed by atoms with Crippen molar-refractivity contribution in [2.24, 2.45) is 5.73 Å². The van der Waals surface area contributed by atoms with Crippen LogP contribution in [-0.2, 0) is 22.7 Å². The fraction of sp³-hybridized carbons (Fsp3) is 0.350. The monoisotopic (exact) mass is 326 g/mol. The molecule has 4 heteroatoms. The number of hydrogen-bond donors (Lipinski definition) is 2. The highest BCUT2D eigenvalue weighted by molar-refractivity contribution is 5.81. The molecule has 0 radical (unpaired) electrons. The smallest absolute Gasteiger partial charge is 0.239 e. The molecule has 1 atom stereocenters. The van der Waals surface area contributed by atoms with Gasteiger partial charge in [-0.15, -0.1) is 0 Å². The molecule has 0 saturated heterocycles. The van der Waals surface area contributed by atoms with Crippen LogP contribution < -0.4 is 11.1 Å². The predicted octanol–water partition coefficient (Wildman–Crippen LogP) is 3.32. The Kier molecular flexibility index (Phi) is 6.12. The van der Waals surface area contributed by atoms with Gasteiger partial charge in [0.2, 0.25) is 5.91 Å². The summed E-state index contributed by atoms with van der Waals surface area (Å²) in [5, 5.41) is 3.24. The van der Waals surface area contributed by atoms with Crippen molar-refractivity contribution in [3.63, 3.8) is 0 Å². The van der Waals surface area contributed by atoms with E-state index in [1.54, 1.807) is 0 Å². The van der Waals surface area contributed by atoms with Crippen LogP contribution in [0.15, 0.2) is 54.6 Å². The third-order valence-corrected chi connectivity index (χ3v) is 3.59. The molecule has 2 aromatic carbocycles. The van der Waals surface area contributed by atoms with E-state index in [1.807, 2.05) is 69.3 Å². The predicted molar refractivity (Wildman–Crippen MR) is 96.2 cm³/mol. The lowest BCUT2D eigenvalue weighted by atomic mass is 10.1. The van der Waals surface area contributed by atoms with Crippen molar-refractivity contribution in [1.29, 1.82) is 0 Å². The molecular formula is C20H26N2O2. The van der Waals surface area contributed by atoms with Gasteiger partial charge in [-0.3, -0.25) is 10.1 Å². The Morgan fingerprint density at radius 3 is 2.38 bits per heavy atom. The zero-order chi connectivity index (χ0) is 17.6. The molecule has 2 rings (SSSR count). The van der Waals surface area contributed by atoms with Gasteiger partial charge in [-0.1, -0.05) is 54.6 Å². The first-order valence-corrected chi connectivity index (χ1v) is 8.14. The van der Waals surface area contributed by atoms with Crippen LogP contribution in [0.3, 0.4) is 0 Å². The average Bonchev–Trinajstić information content (AvgIpc) is 2.54. The highest BCUT2D eigenvalue weighted by Crippen LogP contribution is 2.15. The minimum absolute atomic E-state index is 0.168. The first-order chi connectivity index (χ1) is 11.3. The number of hydrogen-bond acceptors (Lipinski definition) is 3. The molecular weight excluding hydrogens is 300 g/mol. The second-order valence-corrected chi connectivity index (χ2v) is 6.85. The zero-order valence-corrected chi connectivity index (χ0v) is 14.6. The summed E-state index contributed by atoms with van der Waals surface area (Å²) in [4.78, 5) is 11.7. The summed E-state index contributed by atoms with van der Waals surface area (Å²) < 4.78 is 5.81. The summed E-state index contributed by atoms with van der Waals surface area (Å²) in [6.07, 6.45) is 0. The van der Waals surface area contributed by atoms with Crippen LogP contribution in [0, 0.1) is 0 Å². The van der Waals surface area contributed by atoms with E-state index in [2.05, 4.69) is 11.4 Å². The fourth-order valence-electron chi connectivity index (χ4n) is 2.38. The summed E-state index contributed by atoms with van der Waals surface area (Å²) in [6, 6.07) is 17.2. The van der Waals surface area contributed by atoms with E-state index in [9.17, 15) is 4.79 Å². The maximum atomic E-state index is 11.7. The van der Waals surface area contributed by atoms with Gasteiger partial charge in [-0.2, -0.15) is 0 Å². The number of nitrogens with one attached hydrogen (secondary N) is 1. The Labute approximate surface area is 144 Å². The van der Waals surface area contributed by atoms with E-state index in [0.717, 1.165) is 16.7 Å². The molecule has 0 heterocycles. The number of rotatable bonds is 7. The number of benzene rings is 2. The first kappa shape index (κ1) is 18.2. The second kappa shape index (κ2) is 8.08. The topological polar surface area (TPSA) is 64.3 Å². The molecule has 0 aliphatic carbocycles. The van der Waals surface area contributed by atoms with Crippen molar-refractivity contribution in [2.45, 2.75) is 45.6 Å². The highest BCUT2D eigenvalue weighted by Gasteiger charge is 2.16. The molecule has 0 saturated carbocycles. The molecule has 0 aliphatic heterocycles. The highest BCUT2D eigenvalue weighted by atomic mass is 16.5. The fourth-order valence-corrected chi connectivity index (χ4v) is 2.38. The van der Waals surface area contributed by atoms with E-state index in [0.29, 0.717) is 13.2 Å². The molecule has 1 amide bonds. The summed E-state index contributed by atoms with van der Waals surface area (Å²) in [5.74, 6) is -0.381. The van der Waals surface area contributed by atoms with Gasteiger partial charge < -0.3 is 10.5 Å². The van der Waals surface area contributed by atoms with Crippen LogP contribution in [0.5, 0.6) is 0 Å². The molecule has 0 aromatic heterocycles. The van der Waals surface area contributed by atoms with Gasteiger partial charge in [0.05, 0.1) is 12.2 Å². The Bertz CT molecular complexity index is 663. The Morgan fingerprint density at radius 1 is 1.08 bits per heavy atom. The largest absolute Gasteiger partial charge is 0.371 e. The van der Waals surface area contributed by atoms with Crippen LogP contribution >= 0.6 is 0 Å². The maximum Gasteiger partial charge on any atom is 0.239 e. The minimum atomic E-state index is -0.499. The van der Waals surface area contributed by atoms with Gasteiger partial charge in [0.25, 0.3) is 0 Å². The SMILES string of the molecule is CC(C)(C)OCc1cccc(CN[C@@H](C(N)=O)c2ccccc2)c1. The molecule has 0 spiro atoms. The standard InChI is InChI=1S/C20H26N2O2/c1-20(2,3)24-14-16-9-7-8-15(12-16)13-22-18(19(21)23)17-10-5-4-6-11-17/h4-12,18,22H,13-14H2,1-3H3,(H2,21,23)/t18-/m1/s1. The number of primary amides is 1. The normalized spacial score (nSPS) is 12.8. The molecule has 128 valence electrons. The first-order valence-electron chi connectivity index (χ1n) is 8.14. The Hall–Kier alpha value is -2.17. The lowest BCUT2D eigenvalue weighted by Crippen LogP contribution is -2.33. The van der Waals surface area contributed by atoms with Gasteiger partial charge >= 0.3 is 0 Å². The van der Waals surface area contributed by atoms with Crippen molar-refractivity contribution in [1.82, 2.24) is 5.32 Å². The molecule has 0 unspecified atom stereocenters. The molecule has 4 nitrogen and oxygen atoms in total. The Morgan fingerprint density at radius 2 is 1.75 bits per heavy atom. The van der Waals surface area contributed by atoms with E-state index >= 15 is 0 Å². The minimum Gasteiger partial charge on any atom is -0.371 e. The lowest BCUT2D eigenvalue weighted by Gasteiger charge is -2.20. The molecule has 0 aliphatic rings. The van der Waals surface area contributed by atoms with Crippen LogP contribution in [0.4, 0.5) is 0 Å². The second-order valence-electron chi connectivity index (χ2n) is 6.85. The van der Waals surface area contributed by atoms with E-state index < -0.39 is 6.04 Å². The van der Waals surface area contributed by atoms with Gasteiger partial charge in [0.1, 0.15) is 6.04 Å². The quantitative estimate of drug-likeness (QED) is 0.820. The third kappa shape index (κ3) is 5.80. The van der Waals surface area contributed by atoms with Gasteiger partial charge in [-0.25, -0.2) is 0 Å². The van der Waals surface area contributed by atoms with Crippen molar-refractivity contribution in [3.05, 3.63) is 71.3 Å². The molecule has 2 aromatic rings. The van der Waals surface area contributed by atoms with E-state index in [4.69, 9.17) is 10.5 Å². The maximum absolute atomic E-state index is 11.7. The number of carbonyl (C=O) groups excluding carboxylic acids is 1. The summed E-state index contributed by atoms with van der Waals surface area (Å²) in [6.45, 7) is 7.24. The van der Waals surface area contributed by atoms with Crippen molar-refractivity contribution < 1.29 is 9.53 Å². The van der Waals surface area contributed by atoms with Crippen LogP contribution in [0.2, 0.25) is 0 Å². The van der Waals surface area contributed by atoms with E-state index in [1.165, 1.54) is 0 Å². The van der Waals surface area contributed by atoms with Crippen LogP contribution in [-0.4, -0.2) is 11.5 Å². The third-order valence-electron chi connectivity index (χ3n) is 3.59. The average molecular weight is 326 g/mol. The molecule has 24 heavy (non-hydrogen) atoms. The number of ether oxygens (including phenoxy) is 1. The molecule has 0 fully saturated rings. The molecule has 3 N–H and O–H groups in total. The van der Waals surface area contributed by atoms with Crippen molar-refractivity contribution >= 4 is 5.91 Å². The van der Waals surface area contributed by atoms with Gasteiger partial charge in [0, 0.05) is 6.54 Å². The summed E-state index contributed by atoms with van der Waals surface area (Å²) in [7, 11) is 0. The number of carbonyl (C=O) groups is 1. The Balaban J connectivity index is 2.01. The zero-order valence-electron chi connectivity index (χ0n) is 14.6. The number of amides is 1. The van der Waals surface area contributed by atoms with Gasteiger partial charge in [0.15, 0.2) is 0 Å². The summed E-state index contributed by atoms with van der Waals surface area (Å²) in [5.41, 5.74) is 8.44. The van der Waals surface area contributed by atoms with Crippen LogP contribution in [0.25, 0.3) is 0 Å². The van der Waals surface area contributed by atoms with Gasteiger partial charge in [-0.05, 0) is 37.5 Å². The van der Waals surface area contributed by atoms with Crippen molar-refractivity contribution in [3.8, 4) is 0 Å². The van der Waals surface area contributed by atoms with Crippen molar-refractivity contribution in [2.75, 3.05) is 0 Å². The number of nitrogens with two attached hydrogens (primary N) is 1. The summed E-state index contributed by atoms with van der Waals surface area (Å²) >= 11 is 0.